The summed E-state index contributed by atoms with van der Waals surface area (Å²) >= 11 is 3.32. The summed E-state index contributed by atoms with van der Waals surface area (Å²) in [5.41, 5.74) is 0. The highest BCUT2D eigenvalue weighted by atomic mass is 79.9. The lowest BCUT2D eigenvalue weighted by Crippen LogP contribution is -2.10. The van der Waals surface area contributed by atoms with E-state index >= 15 is 0 Å². The molecule has 0 amide bonds. The van der Waals surface area contributed by atoms with Crippen molar-refractivity contribution in [2.75, 3.05) is 6.61 Å². The zero-order valence-corrected chi connectivity index (χ0v) is 15.3. The number of rotatable bonds is 11. The summed E-state index contributed by atoms with van der Waals surface area (Å²) in [4.78, 5) is 23.2. The van der Waals surface area contributed by atoms with Crippen molar-refractivity contribution in [3.8, 4) is 5.75 Å². The van der Waals surface area contributed by atoms with E-state index in [9.17, 15) is 9.59 Å². The van der Waals surface area contributed by atoms with Crippen molar-refractivity contribution in [1.29, 1.82) is 0 Å². The maximum Gasteiger partial charge on any atom is 0.311 e. The Morgan fingerprint density at radius 1 is 0.913 bits per heavy atom. The van der Waals surface area contributed by atoms with Crippen molar-refractivity contribution in [1.82, 2.24) is 0 Å². The molecule has 0 aliphatic carbocycles. The first-order valence-corrected chi connectivity index (χ1v) is 9.03. The van der Waals surface area contributed by atoms with E-state index in [0.717, 1.165) is 17.3 Å². The third kappa shape index (κ3) is 10.1. The Morgan fingerprint density at radius 2 is 1.57 bits per heavy atom. The molecule has 0 atom stereocenters. The second-order valence-electron chi connectivity index (χ2n) is 5.42. The molecule has 0 spiro atoms. The predicted molar refractivity (Wildman–Crippen MR) is 93.3 cm³/mol. The highest BCUT2D eigenvalue weighted by Crippen LogP contribution is 2.16. The highest BCUT2D eigenvalue weighted by Gasteiger charge is 2.08. The Hall–Kier alpha value is -1.36. The van der Waals surface area contributed by atoms with Crippen molar-refractivity contribution in [3.05, 3.63) is 28.7 Å². The van der Waals surface area contributed by atoms with Crippen LogP contribution in [0.4, 0.5) is 0 Å². The smallest absolute Gasteiger partial charge is 0.311 e. The van der Waals surface area contributed by atoms with Gasteiger partial charge in [-0.15, -0.1) is 0 Å². The van der Waals surface area contributed by atoms with E-state index in [-0.39, 0.29) is 24.8 Å². The fourth-order valence-corrected chi connectivity index (χ4v) is 2.29. The molecule has 0 bridgehead atoms. The van der Waals surface area contributed by atoms with E-state index in [0.29, 0.717) is 18.8 Å². The van der Waals surface area contributed by atoms with Gasteiger partial charge in [0.15, 0.2) is 0 Å². The first kappa shape index (κ1) is 19.7. The van der Waals surface area contributed by atoms with Crippen LogP contribution in [-0.4, -0.2) is 18.5 Å². The molecule has 0 aliphatic rings. The van der Waals surface area contributed by atoms with Gasteiger partial charge >= 0.3 is 11.9 Å². The Morgan fingerprint density at radius 3 is 2.26 bits per heavy atom. The summed E-state index contributed by atoms with van der Waals surface area (Å²) in [6.07, 6.45) is 6.55. The molecule has 23 heavy (non-hydrogen) atoms. The molecule has 0 fully saturated rings. The first-order chi connectivity index (χ1) is 11.1. The molecule has 1 rings (SSSR count). The van der Waals surface area contributed by atoms with Crippen LogP contribution in [-0.2, 0) is 14.3 Å². The van der Waals surface area contributed by atoms with Gasteiger partial charge in [-0.25, -0.2) is 0 Å². The van der Waals surface area contributed by atoms with Gasteiger partial charge in [-0.05, 0) is 37.1 Å². The highest BCUT2D eigenvalue weighted by molar-refractivity contribution is 9.10. The van der Waals surface area contributed by atoms with Gasteiger partial charge in [0.2, 0.25) is 0 Å². The van der Waals surface area contributed by atoms with E-state index in [1.807, 2.05) is 0 Å². The van der Waals surface area contributed by atoms with Crippen LogP contribution in [0.3, 0.4) is 0 Å². The lowest BCUT2D eigenvalue weighted by Gasteiger charge is -2.06. The lowest BCUT2D eigenvalue weighted by molar-refractivity contribution is -0.144. The Balaban J connectivity index is 2.05. The first-order valence-electron chi connectivity index (χ1n) is 8.23. The van der Waals surface area contributed by atoms with Gasteiger partial charge in [0, 0.05) is 17.3 Å². The van der Waals surface area contributed by atoms with Crippen LogP contribution in [0.15, 0.2) is 28.7 Å². The number of halogens is 1. The van der Waals surface area contributed by atoms with Gasteiger partial charge in [0.05, 0.1) is 6.61 Å². The monoisotopic (exact) mass is 384 g/mol. The van der Waals surface area contributed by atoms with E-state index in [2.05, 4.69) is 22.9 Å². The number of benzene rings is 1. The zero-order valence-electron chi connectivity index (χ0n) is 13.7. The van der Waals surface area contributed by atoms with Crippen LogP contribution in [0.1, 0.15) is 58.3 Å². The molecule has 0 N–H and O–H groups in total. The van der Waals surface area contributed by atoms with E-state index in [1.165, 1.54) is 19.3 Å². The maximum absolute atomic E-state index is 11.7. The predicted octanol–water partition coefficient (Wildman–Crippen LogP) is 5.04. The largest absolute Gasteiger partial charge is 0.466 e. The number of carbonyl (C=O) groups is 2. The average Bonchev–Trinajstić information content (AvgIpc) is 2.53. The summed E-state index contributed by atoms with van der Waals surface area (Å²) in [5.74, 6) is -0.0653. The summed E-state index contributed by atoms with van der Waals surface area (Å²) < 4.78 is 11.2. The summed E-state index contributed by atoms with van der Waals surface area (Å²) in [6.45, 7) is 2.65. The molecule has 0 saturated heterocycles. The number of hydrogen-bond acceptors (Lipinski definition) is 4. The molecule has 5 heteroatoms. The zero-order chi connectivity index (χ0) is 16.9. The molecule has 0 aliphatic heterocycles. The number of hydrogen-bond donors (Lipinski definition) is 0. The maximum atomic E-state index is 11.7. The minimum atomic E-state index is -0.334. The number of carbonyl (C=O) groups excluding carboxylic acids is 2. The average molecular weight is 385 g/mol. The van der Waals surface area contributed by atoms with Crippen LogP contribution >= 0.6 is 15.9 Å². The van der Waals surface area contributed by atoms with Crippen molar-refractivity contribution in [2.45, 2.75) is 58.3 Å². The normalized spacial score (nSPS) is 10.3. The topological polar surface area (TPSA) is 52.6 Å². The van der Waals surface area contributed by atoms with Crippen LogP contribution in [0.5, 0.6) is 5.75 Å². The molecular formula is C18H25BrO4. The Kier molecular flexibility index (Phi) is 10.4. The quantitative estimate of drug-likeness (QED) is 0.304. The van der Waals surface area contributed by atoms with Crippen molar-refractivity contribution < 1.29 is 19.1 Å². The number of unbranched alkanes of at least 4 members (excludes halogenated alkanes) is 4. The number of esters is 2. The molecule has 1 aromatic carbocycles. The van der Waals surface area contributed by atoms with E-state index in [4.69, 9.17) is 9.47 Å². The lowest BCUT2D eigenvalue weighted by atomic mass is 10.2. The number of ether oxygens (including phenoxy) is 2. The summed E-state index contributed by atoms with van der Waals surface area (Å²) in [5, 5.41) is 0. The van der Waals surface area contributed by atoms with Gasteiger partial charge in [0.25, 0.3) is 0 Å². The fourth-order valence-electron chi connectivity index (χ4n) is 2.03. The second-order valence-corrected chi connectivity index (χ2v) is 6.33. The van der Waals surface area contributed by atoms with Crippen molar-refractivity contribution >= 4 is 27.9 Å². The molecular weight excluding hydrogens is 360 g/mol. The Labute approximate surface area is 146 Å². The SMILES string of the molecule is CCCCCCCOC(=O)CCCC(=O)Oc1ccc(Br)cc1. The fraction of sp³-hybridized carbons (Fsp3) is 0.556. The minimum absolute atomic E-state index is 0.210. The van der Waals surface area contributed by atoms with Gasteiger partial charge in [-0.3, -0.25) is 9.59 Å². The van der Waals surface area contributed by atoms with Crippen LogP contribution in [0.25, 0.3) is 0 Å². The molecule has 0 heterocycles. The van der Waals surface area contributed by atoms with E-state index < -0.39 is 0 Å². The minimum Gasteiger partial charge on any atom is -0.466 e. The van der Waals surface area contributed by atoms with Crippen molar-refractivity contribution in [3.63, 3.8) is 0 Å². The Bertz CT molecular complexity index is 470. The second kappa shape index (κ2) is 12.1. The molecule has 4 nitrogen and oxygen atoms in total. The van der Waals surface area contributed by atoms with Gasteiger partial charge in [-0.2, -0.15) is 0 Å². The third-order valence-corrected chi connectivity index (χ3v) is 3.85. The van der Waals surface area contributed by atoms with E-state index in [1.54, 1.807) is 24.3 Å². The molecule has 0 saturated carbocycles. The summed E-state index contributed by atoms with van der Waals surface area (Å²) in [7, 11) is 0. The van der Waals surface area contributed by atoms with Crippen molar-refractivity contribution in [2.24, 2.45) is 0 Å². The van der Waals surface area contributed by atoms with Crippen LogP contribution in [0.2, 0.25) is 0 Å². The van der Waals surface area contributed by atoms with Gasteiger partial charge in [0.1, 0.15) is 5.75 Å². The molecule has 128 valence electrons. The molecule has 1 aromatic rings. The van der Waals surface area contributed by atoms with Gasteiger partial charge in [-0.1, -0.05) is 48.5 Å². The molecule has 0 unspecified atom stereocenters. The van der Waals surface area contributed by atoms with Crippen LogP contribution in [0, 0.1) is 0 Å². The standard InChI is InChI=1S/C18H25BrO4/c1-2-3-4-5-6-14-22-17(20)8-7-9-18(21)23-16-12-10-15(19)11-13-16/h10-13H,2-9,14H2,1H3. The molecule has 0 radical (unpaired) electrons. The summed E-state index contributed by atoms with van der Waals surface area (Å²) in [6, 6.07) is 7.05. The molecule has 0 aromatic heterocycles. The van der Waals surface area contributed by atoms with Gasteiger partial charge < -0.3 is 9.47 Å². The van der Waals surface area contributed by atoms with Crippen LogP contribution < -0.4 is 4.74 Å². The third-order valence-electron chi connectivity index (χ3n) is 3.32.